The highest BCUT2D eigenvalue weighted by Crippen LogP contribution is 2.63. The number of rotatable bonds is 2. The van der Waals surface area contributed by atoms with E-state index in [-0.39, 0.29) is 16.9 Å². The molecular weight excluding hydrogens is 358 g/mol. The lowest BCUT2D eigenvalue weighted by atomic mass is 9.59. The average molecular weight is 375 g/mol. The predicted molar refractivity (Wildman–Crippen MR) is 91.1 cm³/mol. The lowest BCUT2D eigenvalue weighted by Gasteiger charge is -2.44. The Bertz CT molecular complexity index is 1040. The van der Waals surface area contributed by atoms with E-state index in [1.807, 2.05) is 0 Å². The van der Waals surface area contributed by atoms with Gasteiger partial charge in [-0.3, -0.25) is 0 Å². The molecule has 27 heavy (non-hydrogen) atoms. The van der Waals surface area contributed by atoms with E-state index in [1.165, 1.54) is 6.07 Å². The number of benzene rings is 1. The van der Waals surface area contributed by atoms with Gasteiger partial charge in [-0.05, 0) is 29.9 Å². The lowest BCUT2D eigenvalue weighted by Crippen LogP contribution is -2.40. The molecule has 1 saturated carbocycles. The number of hydrogen-bond donors (Lipinski definition) is 0. The van der Waals surface area contributed by atoms with Crippen molar-refractivity contribution in [1.29, 1.82) is 0 Å². The second-order valence-electron chi connectivity index (χ2n) is 7.87. The van der Waals surface area contributed by atoms with E-state index in [4.69, 9.17) is 0 Å². The molecule has 0 amide bonds. The van der Waals surface area contributed by atoms with Crippen molar-refractivity contribution in [2.45, 2.75) is 43.7 Å². The van der Waals surface area contributed by atoms with Crippen LogP contribution in [0.4, 0.5) is 17.6 Å². The summed E-state index contributed by atoms with van der Waals surface area (Å²) in [5.41, 5.74) is 3.58. The van der Waals surface area contributed by atoms with Gasteiger partial charge < -0.3 is 0 Å². The molecule has 5 rings (SSSR count). The third-order valence-electron chi connectivity index (χ3n) is 6.30. The van der Waals surface area contributed by atoms with Crippen molar-refractivity contribution < 1.29 is 17.6 Å². The van der Waals surface area contributed by atoms with Gasteiger partial charge in [-0.1, -0.05) is 31.2 Å². The summed E-state index contributed by atoms with van der Waals surface area (Å²) in [6.45, 7) is 2.16. The minimum Gasteiger partial charge on any atom is -0.237 e. The fourth-order valence-electron chi connectivity index (χ4n) is 4.99. The normalized spacial score (nSPS) is 26.7. The van der Waals surface area contributed by atoms with Crippen molar-refractivity contribution in [3.8, 4) is 0 Å². The molecule has 2 aliphatic carbocycles. The van der Waals surface area contributed by atoms with Gasteiger partial charge in [-0.15, -0.1) is 5.10 Å². The maximum atomic E-state index is 13.7. The quantitative estimate of drug-likeness (QED) is 0.603. The Labute approximate surface area is 153 Å². The molecular formula is C20H17F4N3. The van der Waals surface area contributed by atoms with Gasteiger partial charge >= 0.3 is 6.18 Å². The molecule has 1 aromatic carbocycles. The van der Waals surface area contributed by atoms with Gasteiger partial charge in [0, 0.05) is 29.2 Å². The zero-order chi connectivity index (χ0) is 19.0. The van der Waals surface area contributed by atoms with Crippen LogP contribution in [0.25, 0.3) is 5.65 Å². The molecule has 7 heteroatoms. The Kier molecular flexibility index (Phi) is 3.28. The highest BCUT2D eigenvalue weighted by molar-refractivity contribution is 5.52. The molecule has 0 bridgehead atoms. The molecule has 3 unspecified atom stereocenters. The van der Waals surface area contributed by atoms with Crippen molar-refractivity contribution in [2.24, 2.45) is 5.92 Å². The summed E-state index contributed by atoms with van der Waals surface area (Å²) in [5, 5.41) is 3.99. The third-order valence-corrected chi connectivity index (χ3v) is 6.30. The standard InChI is InChI=1S/C20H17F4N3/c1-19-7-6-14(19)17(12-4-2-11(3-5-12)9-20(22,23)24)13-10-25-16-8-15(21)26-27(16)18(13)19/h2-5,8,10,14,17H,6-7,9H2,1H3. The second-order valence-corrected chi connectivity index (χ2v) is 7.87. The van der Waals surface area contributed by atoms with Crippen LogP contribution in [0.2, 0.25) is 0 Å². The molecule has 0 aliphatic heterocycles. The molecule has 140 valence electrons. The first-order valence-corrected chi connectivity index (χ1v) is 8.96. The van der Waals surface area contributed by atoms with Gasteiger partial charge in [0.05, 0.1) is 12.1 Å². The van der Waals surface area contributed by atoms with E-state index in [2.05, 4.69) is 17.0 Å². The summed E-state index contributed by atoms with van der Waals surface area (Å²) in [4.78, 5) is 4.35. The number of fused-ring (bicyclic) bond motifs is 5. The van der Waals surface area contributed by atoms with Crippen molar-refractivity contribution >= 4 is 5.65 Å². The van der Waals surface area contributed by atoms with Crippen LogP contribution in [0.5, 0.6) is 0 Å². The largest absolute Gasteiger partial charge is 0.393 e. The zero-order valence-corrected chi connectivity index (χ0v) is 14.6. The first-order chi connectivity index (χ1) is 12.8. The number of alkyl halides is 3. The number of hydrogen-bond acceptors (Lipinski definition) is 2. The smallest absolute Gasteiger partial charge is 0.237 e. The van der Waals surface area contributed by atoms with Crippen molar-refractivity contribution in [1.82, 2.24) is 14.6 Å². The molecule has 3 aromatic rings. The molecule has 3 atom stereocenters. The van der Waals surface area contributed by atoms with Crippen LogP contribution in [0.15, 0.2) is 36.5 Å². The maximum Gasteiger partial charge on any atom is 0.393 e. The van der Waals surface area contributed by atoms with Crippen molar-refractivity contribution in [2.75, 3.05) is 0 Å². The maximum absolute atomic E-state index is 13.7. The van der Waals surface area contributed by atoms with Crippen LogP contribution in [0.3, 0.4) is 0 Å². The van der Waals surface area contributed by atoms with Gasteiger partial charge in [0.1, 0.15) is 0 Å². The van der Waals surface area contributed by atoms with Gasteiger partial charge in [-0.2, -0.15) is 17.6 Å². The fourth-order valence-corrected chi connectivity index (χ4v) is 4.99. The molecule has 3 nitrogen and oxygen atoms in total. The second kappa shape index (κ2) is 5.30. The lowest BCUT2D eigenvalue weighted by molar-refractivity contribution is -0.127. The van der Waals surface area contributed by atoms with E-state index in [9.17, 15) is 17.6 Å². The highest BCUT2D eigenvalue weighted by atomic mass is 19.4. The van der Waals surface area contributed by atoms with Crippen LogP contribution >= 0.6 is 0 Å². The number of nitrogens with zero attached hydrogens (tertiary/aromatic N) is 3. The van der Waals surface area contributed by atoms with Crippen LogP contribution < -0.4 is 0 Å². The van der Waals surface area contributed by atoms with E-state index in [1.54, 1.807) is 35.0 Å². The fraction of sp³-hybridized carbons (Fsp3) is 0.400. The Morgan fingerprint density at radius 3 is 2.59 bits per heavy atom. The minimum atomic E-state index is -4.21. The first-order valence-electron chi connectivity index (χ1n) is 8.96. The first kappa shape index (κ1) is 16.7. The zero-order valence-electron chi connectivity index (χ0n) is 14.6. The molecule has 2 aromatic heterocycles. The molecule has 0 radical (unpaired) electrons. The van der Waals surface area contributed by atoms with E-state index >= 15 is 0 Å². The van der Waals surface area contributed by atoms with E-state index in [0.717, 1.165) is 29.7 Å². The SMILES string of the molecule is CC12CCC1C(c1ccc(CC(F)(F)F)cc1)c1cnc3cc(F)nn3c12. The van der Waals surface area contributed by atoms with Gasteiger partial charge in [-0.25, -0.2) is 9.50 Å². The van der Waals surface area contributed by atoms with Gasteiger partial charge in [0.2, 0.25) is 5.95 Å². The van der Waals surface area contributed by atoms with Gasteiger partial charge in [0.15, 0.2) is 5.65 Å². The Morgan fingerprint density at radius 1 is 1.22 bits per heavy atom. The average Bonchev–Trinajstić information content (AvgIpc) is 3.03. The highest BCUT2D eigenvalue weighted by Gasteiger charge is 2.57. The summed E-state index contributed by atoms with van der Waals surface area (Å²) in [6.07, 6.45) is -1.36. The van der Waals surface area contributed by atoms with E-state index in [0.29, 0.717) is 11.6 Å². The predicted octanol–water partition coefficient (Wildman–Crippen LogP) is 4.79. The molecule has 2 aliphatic rings. The van der Waals surface area contributed by atoms with Crippen LogP contribution in [-0.4, -0.2) is 20.8 Å². The van der Waals surface area contributed by atoms with Crippen LogP contribution in [0.1, 0.15) is 48.1 Å². The van der Waals surface area contributed by atoms with E-state index < -0.39 is 18.5 Å². The summed E-state index contributed by atoms with van der Waals surface area (Å²) in [7, 11) is 0. The summed E-state index contributed by atoms with van der Waals surface area (Å²) < 4.78 is 53.1. The molecule has 0 saturated heterocycles. The van der Waals surface area contributed by atoms with Gasteiger partial charge in [0.25, 0.3) is 0 Å². The molecule has 2 heterocycles. The number of aromatic nitrogens is 3. The Balaban J connectivity index is 1.60. The topological polar surface area (TPSA) is 30.2 Å². The van der Waals surface area contributed by atoms with Crippen molar-refractivity contribution in [3.63, 3.8) is 0 Å². The molecule has 1 fully saturated rings. The summed E-state index contributed by atoms with van der Waals surface area (Å²) >= 11 is 0. The van der Waals surface area contributed by atoms with Crippen LogP contribution in [-0.2, 0) is 11.8 Å². The van der Waals surface area contributed by atoms with Crippen LogP contribution in [0, 0.1) is 11.9 Å². The minimum absolute atomic E-state index is 0.0443. The van der Waals surface area contributed by atoms with Crippen molar-refractivity contribution in [3.05, 3.63) is 64.9 Å². The monoisotopic (exact) mass is 375 g/mol. The molecule has 0 spiro atoms. The third kappa shape index (κ3) is 2.40. The molecule has 0 N–H and O–H groups in total. The summed E-state index contributed by atoms with van der Waals surface area (Å²) in [6, 6.07) is 7.99. The Morgan fingerprint density at radius 2 is 1.96 bits per heavy atom. The number of halogens is 4. The Hall–Kier alpha value is -2.44. The summed E-state index contributed by atoms with van der Waals surface area (Å²) in [5.74, 6) is -0.196.